The van der Waals surface area contributed by atoms with Crippen molar-refractivity contribution in [2.75, 3.05) is 37.6 Å². The van der Waals surface area contributed by atoms with Gasteiger partial charge in [0.15, 0.2) is 5.82 Å². The summed E-state index contributed by atoms with van der Waals surface area (Å²) in [5, 5.41) is 2.83. The molecule has 0 unspecified atom stereocenters. The topological polar surface area (TPSA) is 74.2 Å². The molecule has 0 aliphatic carbocycles. The van der Waals surface area contributed by atoms with E-state index in [9.17, 15) is 9.18 Å². The lowest BCUT2D eigenvalue weighted by atomic mass is 10.1. The third kappa shape index (κ3) is 4.14. The Bertz CT molecular complexity index is 1050. The van der Waals surface area contributed by atoms with E-state index in [4.69, 9.17) is 16.6 Å². The van der Waals surface area contributed by atoms with E-state index < -0.39 is 0 Å². The number of anilines is 1. The highest BCUT2D eigenvalue weighted by Crippen LogP contribution is 2.27. The van der Waals surface area contributed by atoms with Crippen molar-refractivity contribution in [3.8, 4) is 11.3 Å². The fourth-order valence-corrected chi connectivity index (χ4v) is 3.61. The quantitative estimate of drug-likeness (QED) is 0.644. The van der Waals surface area contributed by atoms with Crippen LogP contribution in [0.5, 0.6) is 0 Å². The highest BCUT2D eigenvalue weighted by molar-refractivity contribution is 6.16. The van der Waals surface area contributed by atoms with Crippen molar-refractivity contribution in [2.24, 2.45) is 0 Å². The van der Waals surface area contributed by atoms with Crippen LogP contribution in [0.4, 0.5) is 15.0 Å². The normalized spacial score (nSPS) is 14.2. The molecule has 30 heavy (non-hydrogen) atoms. The lowest BCUT2D eigenvalue weighted by molar-refractivity contribution is 0.195. The molecule has 0 saturated carbocycles. The number of nitrogens with one attached hydrogen (secondary N) is 1. The van der Waals surface area contributed by atoms with Gasteiger partial charge in [-0.1, -0.05) is 0 Å². The molecule has 3 aromatic rings. The Morgan fingerprint density at radius 3 is 2.47 bits per heavy atom. The van der Waals surface area contributed by atoms with Gasteiger partial charge in [0.1, 0.15) is 17.2 Å². The predicted octanol–water partition coefficient (Wildman–Crippen LogP) is 3.42. The third-order valence-electron chi connectivity index (χ3n) is 5.02. The monoisotopic (exact) mass is 428 g/mol. The van der Waals surface area contributed by atoms with Crippen LogP contribution in [0.15, 0.2) is 36.4 Å². The minimum Gasteiger partial charge on any atom is -0.351 e. The smallest absolute Gasteiger partial charge is 0.317 e. The fourth-order valence-electron chi connectivity index (χ4n) is 3.49. The molecule has 1 aromatic carbocycles. The number of alkyl halides is 1. The second-order valence-electron chi connectivity index (χ2n) is 6.98. The van der Waals surface area contributed by atoms with Crippen molar-refractivity contribution in [3.05, 3.63) is 48.0 Å². The molecule has 1 N–H and O–H groups in total. The maximum absolute atomic E-state index is 13.3. The van der Waals surface area contributed by atoms with Crippen LogP contribution in [-0.2, 0) is 5.88 Å². The Morgan fingerprint density at radius 2 is 1.80 bits per heavy atom. The van der Waals surface area contributed by atoms with Gasteiger partial charge in [-0.2, -0.15) is 0 Å². The van der Waals surface area contributed by atoms with E-state index in [0.717, 1.165) is 5.56 Å². The number of rotatable bonds is 4. The first-order chi connectivity index (χ1) is 14.6. The third-order valence-corrected chi connectivity index (χ3v) is 5.26. The molecule has 1 aliphatic rings. The molecule has 1 fully saturated rings. The minimum absolute atomic E-state index is 0.0529. The molecule has 3 heterocycles. The molecule has 2 amide bonds. The molecule has 9 heteroatoms. The standard InChI is InChI=1S/C21H22ClFN6O/c1-2-24-21(30)29-11-9-28(10-12-29)20-19-17(25-18(13-22)27-20)8-7-16(26-19)14-3-5-15(23)6-4-14/h3-8H,2,9-13H2,1H3,(H,24,30). The predicted molar refractivity (Wildman–Crippen MR) is 115 cm³/mol. The molecule has 0 radical (unpaired) electrons. The minimum atomic E-state index is -0.291. The lowest BCUT2D eigenvalue weighted by Crippen LogP contribution is -2.52. The van der Waals surface area contributed by atoms with E-state index >= 15 is 0 Å². The largest absolute Gasteiger partial charge is 0.351 e. The number of carbonyl (C=O) groups is 1. The van der Waals surface area contributed by atoms with Gasteiger partial charge >= 0.3 is 6.03 Å². The molecule has 7 nitrogen and oxygen atoms in total. The summed E-state index contributed by atoms with van der Waals surface area (Å²) in [5.74, 6) is 1.14. The Kier molecular flexibility index (Phi) is 5.94. The number of halogens is 2. The molecule has 0 atom stereocenters. The van der Waals surface area contributed by atoms with E-state index in [1.165, 1.54) is 12.1 Å². The van der Waals surface area contributed by atoms with Gasteiger partial charge in [-0.05, 0) is 43.3 Å². The number of fused-ring (bicyclic) bond motifs is 1. The molecular weight excluding hydrogens is 407 g/mol. The average molecular weight is 429 g/mol. The second kappa shape index (κ2) is 8.79. The van der Waals surface area contributed by atoms with E-state index in [2.05, 4.69) is 20.2 Å². The number of carbonyl (C=O) groups excluding carboxylic acids is 1. The van der Waals surface area contributed by atoms with Crippen LogP contribution in [0.25, 0.3) is 22.3 Å². The summed E-state index contributed by atoms with van der Waals surface area (Å²) in [4.78, 5) is 29.9. The first-order valence-electron chi connectivity index (χ1n) is 9.86. The number of urea groups is 1. The summed E-state index contributed by atoms with van der Waals surface area (Å²) in [7, 11) is 0. The number of amides is 2. The van der Waals surface area contributed by atoms with Crippen LogP contribution in [0, 0.1) is 5.82 Å². The average Bonchev–Trinajstić information content (AvgIpc) is 2.79. The van der Waals surface area contributed by atoms with Crippen molar-refractivity contribution >= 4 is 34.5 Å². The zero-order chi connectivity index (χ0) is 21.1. The highest BCUT2D eigenvalue weighted by Gasteiger charge is 2.24. The Balaban J connectivity index is 1.68. The Labute approximate surface area is 178 Å². The van der Waals surface area contributed by atoms with Crippen LogP contribution in [-0.4, -0.2) is 58.6 Å². The van der Waals surface area contributed by atoms with Crippen LogP contribution < -0.4 is 10.2 Å². The lowest BCUT2D eigenvalue weighted by Gasteiger charge is -2.35. The summed E-state index contributed by atoms with van der Waals surface area (Å²) in [5.41, 5.74) is 2.89. The van der Waals surface area contributed by atoms with Crippen molar-refractivity contribution in [1.82, 2.24) is 25.2 Å². The summed E-state index contributed by atoms with van der Waals surface area (Å²) in [6.45, 7) is 4.95. The summed E-state index contributed by atoms with van der Waals surface area (Å²) < 4.78 is 13.3. The van der Waals surface area contributed by atoms with Crippen molar-refractivity contribution in [1.29, 1.82) is 0 Å². The van der Waals surface area contributed by atoms with Crippen molar-refractivity contribution < 1.29 is 9.18 Å². The van der Waals surface area contributed by atoms with Gasteiger partial charge in [-0.3, -0.25) is 0 Å². The van der Waals surface area contributed by atoms with Crippen LogP contribution in [0.3, 0.4) is 0 Å². The number of aromatic nitrogens is 3. The molecule has 4 rings (SSSR count). The number of hydrogen-bond donors (Lipinski definition) is 1. The van der Waals surface area contributed by atoms with E-state index in [1.807, 2.05) is 19.1 Å². The van der Waals surface area contributed by atoms with Gasteiger partial charge in [0.25, 0.3) is 0 Å². The number of piperazine rings is 1. The number of hydrogen-bond acceptors (Lipinski definition) is 5. The zero-order valence-electron chi connectivity index (χ0n) is 16.6. The molecule has 1 saturated heterocycles. The second-order valence-corrected chi connectivity index (χ2v) is 7.25. The first kappa shape index (κ1) is 20.3. The highest BCUT2D eigenvalue weighted by atomic mass is 35.5. The van der Waals surface area contributed by atoms with E-state index in [0.29, 0.717) is 61.1 Å². The Morgan fingerprint density at radius 1 is 1.07 bits per heavy atom. The Hall–Kier alpha value is -3.00. The fraction of sp³-hybridized carbons (Fsp3) is 0.333. The summed E-state index contributed by atoms with van der Waals surface area (Å²) in [6, 6.07) is 9.91. The number of benzene rings is 1. The van der Waals surface area contributed by atoms with Crippen molar-refractivity contribution in [2.45, 2.75) is 12.8 Å². The molecule has 0 bridgehead atoms. The summed E-state index contributed by atoms with van der Waals surface area (Å²) >= 11 is 6.02. The van der Waals surface area contributed by atoms with E-state index in [-0.39, 0.29) is 17.7 Å². The van der Waals surface area contributed by atoms with Gasteiger partial charge in [0, 0.05) is 38.3 Å². The SMILES string of the molecule is CCNC(=O)N1CCN(c2nc(CCl)nc3ccc(-c4ccc(F)cc4)nc23)CC1. The molecule has 0 spiro atoms. The maximum Gasteiger partial charge on any atom is 0.317 e. The van der Waals surface area contributed by atoms with Gasteiger partial charge in [-0.25, -0.2) is 24.1 Å². The van der Waals surface area contributed by atoms with Crippen molar-refractivity contribution in [3.63, 3.8) is 0 Å². The molecule has 2 aromatic heterocycles. The van der Waals surface area contributed by atoms with E-state index in [1.54, 1.807) is 17.0 Å². The van der Waals surface area contributed by atoms with Gasteiger partial charge in [0.05, 0.1) is 17.1 Å². The number of pyridine rings is 1. The van der Waals surface area contributed by atoms with Crippen LogP contribution in [0.2, 0.25) is 0 Å². The number of nitrogens with zero attached hydrogens (tertiary/aromatic N) is 5. The van der Waals surface area contributed by atoms with Gasteiger partial charge < -0.3 is 15.1 Å². The van der Waals surface area contributed by atoms with Gasteiger partial charge in [0.2, 0.25) is 0 Å². The zero-order valence-corrected chi connectivity index (χ0v) is 17.4. The summed E-state index contributed by atoms with van der Waals surface area (Å²) in [6.07, 6.45) is 0. The maximum atomic E-state index is 13.3. The molecule has 156 valence electrons. The van der Waals surface area contributed by atoms with Crippen LogP contribution in [0.1, 0.15) is 12.7 Å². The molecular formula is C21H22ClFN6O. The molecule has 1 aliphatic heterocycles. The van der Waals surface area contributed by atoms with Gasteiger partial charge in [-0.15, -0.1) is 11.6 Å². The first-order valence-corrected chi connectivity index (χ1v) is 10.4. The van der Waals surface area contributed by atoms with Crippen LogP contribution >= 0.6 is 11.6 Å².